The van der Waals surface area contributed by atoms with Crippen molar-refractivity contribution in [2.75, 3.05) is 13.2 Å². The fourth-order valence-electron chi connectivity index (χ4n) is 3.30. The van der Waals surface area contributed by atoms with Crippen molar-refractivity contribution in [1.29, 1.82) is 0 Å². The molecule has 1 saturated carbocycles. The highest BCUT2D eigenvalue weighted by molar-refractivity contribution is 9.10. The van der Waals surface area contributed by atoms with Gasteiger partial charge < -0.3 is 4.74 Å². The highest BCUT2D eigenvalue weighted by Crippen LogP contribution is 2.46. The summed E-state index contributed by atoms with van der Waals surface area (Å²) in [5, 5.41) is 0. The van der Waals surface area contributed by atoms with Gasteiger partial charge in [0.1, 0.15) is 11.6 Å². The van der Waals surface area contributed by atoms with Gasteiger partial charge in [-0.2, -0.15) is 0 Å². The van der Waals surface area contributed by atoms with Gasteiger partial charge in [-0.3, -0.25) is 4.79 Å². The zero-order valence-corrected chi connectivity index (χ0v) is 12.2. The number of hydrogen-bond acceptors (Lipinski definition) is 2. The Labute approximate surface area is 120 Å². The van der Waals surface area contributed by atoms with Gasteiger partial charge in [0.25, 0.3) is 0 Å². The van der Waals surface area contributed by atoms with Crippen LogP contribution < -0.4 is 0 Å². The Kier molecular flexibility index (Phi) is 3.48. The molecular weight excluding hydrogens is 311 g/mol. The number of rotatable bonds is 2. The molecule has 0 spiro atoms. The zero-order valence-electron chi connectivity index (χ0n) is 10.6. The average Bonchev–Trinajstić information content (AvgIpc) is 2.34. The van der Waals surface area contributed by atoms with Gasteiger partial charge in [0, 0.05) is 28.3 Å². The van der Waals surface area contributed by atoms with E-state index in [-0.39, 0.29) is 11.2 Å². The van der Waals surface area contributed by atoms with Gasteiger partial charge in [-0.25, -0.2) is 4.39 Å². The summed E-state index contributed by atoms with van der Waals surface area (Å²) in [6, 6.07) is 5.10. The lowest BCUT2D eigenvalue weighted by molar-refractivity contribution is -0.127. The van der Waals surface area contributed by atoms with E-state index < -0.39 is 0 Å². The van der Waals surface area contributed by atoms with Crippen molar-refractivity contribution in [3.05, 3.63) is 34.1 Å². The maximum Gasteiger partial charge on any atom is 0.132 e. The molecule has 0 unspecified atom stereocenters. The van der Waals surface area contributed by atoms with E-state index in [1.54, 1.807) is 6.07 Å². The van der Waals surface area contributed by atoms with Crippen LogP contribution in [0.3, 0.4) is 0 Å². The molecular formula is C15H16BrFO2. The molecule has 0 bridgehead atoms. The van der Waals surface area contributed by atoms with Crippen LogP contribution in [0, 0.1) is 11.7 Å². The molecule has 0 radical (unpaired) electrons. The Morgan fingerprint density at radius 2 is 1.95 bits per heavy atom. The van der Waals surface area contributed by atoms with Crippen LogP contribution in [-0.2, 0) is 14.9 Å². The monoisotopic (exact) mass is 326 g/mol. The van der Waals surface area contributed by atoms with Crippen LogP contribution in [-0.4, -0.2) is 19.0 Å². The number of hydrogen-bond donors (Lipinski definition) is 0. The highest BCUT2D eigenvalue weighted by Gasteiger charge is 2.49. The standard InChI is InChI=1S/C15H16BrFO2/c16-11-3-6-14(17)13(7-11)15(8-19-9-15)10-1-4-12(18)5-2-10/h3,6-7,10H,1-2,4-5,8-9H2. The van der Waals surface area contributed by atoms with E-state index in [4.69, 9.17) is 4.74 Å². The summed E-state index contributed by atoms with van der Waals surface area (Å²) in [6.07, 6.45) is 2.96. The maximum atomic E-state index is 14.2. The van der Waals surface area contributed by atoms with E-state index in [1.165, 1.54) is 6.07 Å². The molecule has 1 saturated heterocycles. The third-order valence-corrected chi connectivity index (χ3v) is 5.00. The number of ether oxygens (including phenoxy) is 1. The fraction of sp³-hybridized carbons (Fsp3) is 0.533. The number of carbonyl (C=O) groups is 1. The molecule has 3 rings (SSSR count). The molecule has 2 nitrogen and oxygen atoms in total. The van der Waals surface area contributed by atoms with Crippen molar-refractivity contribution in [2.24, 2.45) is 5.92 Å². The molecule has 4 heteroatoms. The van der Waals surface area contributed by atoms with Gasteiger partial charge in [0.05, 0.1) is 13.2 Å². The Morgan fingerprint density at radius 1 is 1.26 bits per heavy atom. The molecule has 1 aliphatic carbocycles. The summed E-state index contributed by atoms with van der Waals surface area (Å²) < 4.78 is 20.5. The molecule has 0 amide bonds. The van der Waals surface area contributed by atoms with E-state index in [9.17, 15) is 9.18 Å². The maximum absolute atomic E-state index is 14.2. The van der Waals surface area contributed by atoms with Crippen molar-refractivity contribution < 1.29 is 13.9 Å². The van der Waals surface area contributed by atoms with Gasteiger partial charge in [0.2, 0.25) is 0 Å². The van der Waals surface area contributed by atoms with Crippen LogP contribution in [0.2, 0.25) is 0 Å². The fourth-order valence-corrected chi connectivity index (χ4v) is 3.67. The predicted octanol–water partition coefficient (Wildman–Crippen LogP) is 3.62. The molecule has 1 aromatic carbocycles. The Balaban J connectivity index is 1.94. The lowest BCUT2D eigenvalue weighted by atomic mass is 9.63. The van der Waals surface area contributed by atoms with Gasteiger partial charge in [-0.1, -0.05) is 15.9 Å². The minimum absolute atomic E-state index is 0.164. The van der Waals surface area contributed by atoms with Crippen LogP contribution in [0.1, 0.15) is 31.2 Å². The molecule has 1 heterocycles. The quantitative estimate of drug-likeness (QED) is 0.829. The van der Waals surface area contributed by atoms with E-state index in [1.807, 2.05) is 6.07 Å². The molecule has 2 aliphatic rings. The average molecular weight is 327 g/mol. The summed E-state index contributed by atoms with van der Waals surface area (Å²) >= 11 is 3.41. The second-order valence-electron chi connectivity index (χ2n) is 5.59. The van der Waals surface area contributed by atoms with Crippen LogP contribution >= 0.6 is 15.9 Å². The van der Waals surface area contributed by atoms with Crippen LogP contribution in [0.4, 0.5) is 4.39 Å². The molecule has 102 valence electrons. The van der Waals surface area contributed by atoms with Gasteiger partial charge in [-0.05, 0) is 37.0 Å². The molecule has 0 N–H and O–H groups in total. The number of benzene rings is 1. The first-order chi connectivity index (χ1) is 9.12. The number of ketones is 1. The van der Waals surface area contributed by atoms with E-state index >= 15 is 0 Å². The van der Waals surface area contributed by atoms with E-state index in [0.717, 1.165) is 22.9 Å². The van der Waals surface area contributed by atoms with Crippen molar-refractivity contribution in [3.63, 3.8) is 0 Å². The lowest BCUT2D eigenvalue weighted by Gasteiger charge is -2.49. The molecule has 1 aromatic rings. The first-order valence-electron chi connectivity index (χ1n) is 6.67. The normalized spacial score (nSPS) is 23.2. The first kappa shape index (κ1) is 13.3. The third-order valence-electron chi connectivity index (χ3n) is 4.51. The Hall–Kier alpha value is -0.740. The summed E-state index contributed by atoms with van der Waals surface area (Å²) in [4.78, 5) is 11.4. The summed E-state index contributed by atoms with van der Waals surface area (Å²) in [5.74, 6) is 0.521. The van der Waals surface area contributed by atoms with Gasteiger partial charge in [-0.15, -0.1) is 0 Å². The zero-order chi connectivity index (χ0) is 13.5. The number of halogens is 2. The highest BCUT2D eigenvalue weighted by atomic mass is 79.9. The number of carbonyl (C=O) groups excluding carboxylic acids is 1. The van der Waals surface area contributed by atoms with Crippen LogP contribution in [0.15, 0.2) is 22.7 Å². The molecule has 2 fully saturated rings. The minimum Gasteiger partial charge on any atom is -0.379 e. The van der Waals surface area contributed by atoms with Crippen molar-refractivity contribution in [3.8, 4) is 0 Å². The Bertz CT molecular complexity index is 501. The molecule has 0 aromatic heterocycles. The van der Waals surface area contributed by atoms with Crippen molar-refractivity contribution in [1.82, 2.24) is 0 Å². The minimum atomic E-state index is -0.228. The number of Topliss-reactive ketones (excluding diaryl/α,β-unsaturated/α-hetero) is 1. The van der Waals surface area contributed by atoms with Gasteiger partial charge in [0.15, 0.2) is 0 Å². The van der Waals surface area contributed by atoms with E-state index in [2.05, 4.69) is 15.9 Å². The van der Waals surface area contributed by atoms with E-state index in [0.29, 0.717) is 37.8 Å². The van der Waals surface area contributed by atoms with Crippen LogP contribution in [0.5, 0.6) is 0 Å². The van der Waals surface area contributed by atoms with Gasteiger partial charge >= 0.3 is 0 Å². The Morgan fingerprint density at radius 3 is 2.53 bits per heavy atom. The summed E-state index contributed by atoms with van der Waals surface area (Å²) in [7, 11) is 0. The van der Waals surface area contributed by atoms with Crippen molar-refractivity contribution >= 4 is 21.7 Å². The van der Waals surface area contributed by atoms with Crippen LogP contribution in [0.25, 0.3) is 0 Å². The summed E-state index contributed by atoms with van der Waals surface area (Å²) in [6.45, 7) is 1.14. The molecule has 19 heavy (non-hydrogen) atoms. The second kappa shape index (κ2) is 4.98. The molecule has 0 atom stereocenters. The van der Waals surface area contributed by atoms with Crippen molar-refractivity contribution in [2.45, 2.75) is 31.1 Å². The largest absolute Gasteiger partial charge is 0.379 e. The topological polar surface area (TPSA) is 26.3 Å². The third kappa shape index (κ3) is 2.25. The predicted molar refractivity (Wildman–Crippen MR) is 73.6 cm³/mol. The molecule has 1 aliphatic heterocycles. The second-order valence-corrected chi connectivity index (χ2v) is 6.50. The SMILES string of the molecule is O=C1CCC(C2(c3cc(Br)ccc3F)COC2)CC1. The lowest BCUT2D eigenvalue weighted by Crippen LogP contribution is -2.53. The first-order valence-corrected chi connectivity index (χ1v) is 7.46. The smallest absolute Gasteiger partial charge is 0.132 e. The summed E-state index contributed by atoms with van der Waals surface area (Å²) in [5.41, 5.74) is 0.515.